The number of hydrogen-bond donors (Lipinski definition) is 1. The van der Waals surface area contributed by atoms with Crippen molar-refractivity contribution in [3.05, 3.63) is 0 Å². The Hall–Kier alpha value is -0.940. The molecule has 2 aliphatic rings. The number of carbonyl (C=O) groups is 2. The number of aliphatic hydroxyl groups is 1. The van der Waals surface area contributed by atoms with Crippen molar-refractivity contribution in [1.29, 1.82) is 0 Å². The minimum Gasteiger partial charge on any atom is -0.386 e. The maximum atomic E-state index is 12.4. The minimum absolute atomic E-state index is 0.0625. The lowest BCUT2D eigenvalue weighted by molar-refractivity contribution is -0.146. The number of amides is 2. The maximum absolute atomic E-state index is 12.4. The monoisotopic (exact) mass is 255 g/mol. The highest BCUT2D eigenvalue weighted by molar-refractivity contribution is 6.05. The van der Waals surface area contributed by atoms with Crippen LogP contribution in [0, 0.1) is 11.3 Å². The van der Waals surface area contributed by atoms with E-state index in [1.165, 1.54) is 4.90 Å². The molecular formula is C13H21NO4. The molecule has 5 nitrogen and oxygen atoms in total. The summed E-state index contributed by atoms with van der Waals surface area (Å²) in [7, 11) is 0. The van der Waals surface area contributed by atoms with Crippen molar-refractivity contribution in [3.63, 3.8) is 0 Å². The average Bonchev–Trinajstić information content (AvgIpc) is 2.79. The van der Waals surface area contributed by atoms with Crippen LogP contribution in [0.4, 0.5) is 0 Å². The van der Waals surface area contributed by atoms with Crippen molar-refractivity contribution in [2.24, 2.45) is 11.3 Å². The number of imide groups is 1. The number of β-amino-alcohol motifs (C(OH)–C–C–N with tert-alkyl or cyclic N) is 1. The van der Waals surface area contributed by atoms with Gasteiger partial charge < -0.3 is 9.84 Å². The molecule has 0 aromatic rings. The second-order valence-electron chi connectivity index (χ2n) is 6.06. The van der Waals surface area contributed by atoms with Gasteiger partial charge in [0.1, 0.15) is 5.60 Å². The molecule has 2 heterocycles. The molecule has 0 aromatic heterocycles. The van der Waals surface area contributed by atoms with Gasteiger partial charge in [0.2, 0.25) is 11.8 Å². The molecule has 2 amide bonds. The first-order valence-corrected chi connectivity index (χ1v) is 6.43. The Balaban J connectivity index is 2.15. The van der Waals surface area contributed by atoms with Crippen molar-refractivity contribution in [2.45, 2.75) is 39.2 Å². The van der Waals surface area contributed by atoms with E-state index in [2.05, 4.69) is 0 Å². The molecule has 0 aliphatic carbocycles. The Morgan fingerprint density at radius 3 is 2.56 bits per heavy atom. The Bertz CT molecular complexity index is 373. The van der Waals surface area contributed by atoms with Crippen LogP contribution in [0.5, 0.6) is 0 Å². The second-order valence-corrected chi connectivity index (χ2v) is 6.06. The Morgan fingerprint density at radius 2 is 2.11 bits per heavy atom. The molecule has 2 fully saturated rings. The fourth-order valence-electron chi connectivity index (χ4n) is 2.53. The number of rotatable bonds is 3. The molecule has 0 saturated carbocycles. The lowest BCUT2D eigenvalue weighted by atomic mass is 9.78. The molecule has 102 valence electrons. The summed E-state index contributed by atoms with van der Waals surface area (Å²) < 4.78 is 5.14. The molecule has 2 saturated heterocycles. The largest absolute Gasteiger partial charge is 0.386 e. The first kappa shape index (κ1) is 13.5. The van der Waals surface area contributed by atoms with Gasteiger partial charge in [0.05, 0.1) is 18.6 Å². The van der Waals surface area contributed by atoms with E-state index in [9.17, 15) is 14.7 Å². The molecule has 2 aliphatic heterocycles. The van der Waals surface area contributed by atoms with Gasteiger partial charge in [0.25, 0.3) is 0 Å². The van der Waals surface area contributed by atoms with Crippen LogP contribution in [0.2, 0.25) is 0 Å². The van der Waals surface area contributed by atoms with Crippen LogP contribution in [-0.2, 0) is 14.3 Å². The number of nitrogens with zero attached hydrogens (tertiary/aromatic N) is 1. The van der Waals surface area contributed by atoms with Gasteiger partial charge in [0.15, 0.2) is 0 Å². The molecule has 2 atom stereocenters. The normalized spacial score (nSPS) is 37.1. The average molecular weight is 255 g/mol. The van der Waals surface area contributed by atoms with Crippen LogP contribution in [0.1, 0.15) is 33.6 Å². The summed E-state index contributed by atoms with van der Waals surface area (Å²) in [6.45, 7) is 6.46. The van der Waals surface area contributed by atoms with Gasteiger partial charge in [0, 0.05) is 19.4 Å². The Kier molecular flexibility index (Phi) is 3.23. The predicted molar refractivity (Wildman–Crippen MR) is 64.7 cm³/mol. The molecule has 18 heavy (non-hydrogen) atoms. The molecule has 1 N–H and O–H groups in total. The van der Waals surface area contributed by atoms with Crippen molar-refractivity contribution in [3.8, 4) is 0 Å². The molecule has 2 unspecified atom stereocenters. The zero-order chi connectivity index (χ0) is 13.6. The minimum atomic E-state index is -1.06. The molecule has 0 spiro atoms. The zero-order valence-corrected chi connectivity index (χ0v) is 11.2. The smallest absolute Gasteiger partial charge is 0.235 e. The third-order valence-electron chi connectivity index (χ3n) is 4.36. The number of likely N-dealkylation sites (tertiary alicyclic amines) is 1. The standard InChI is InChI=1S/C13H21NO4/c1-9(2)12(3)6-10(15)14(11(12)16)7-13(17)4-5-18-8-13/h9,17H,4-8H2,1-3H3. The third kappa shape index (κ3) is 2.06. The Labute approximate surface area is 107 Å². The lowest BCUT2D eigenvalue weighted by Crippen LogP contribution is -2.47. The highest BCUT2D eigenvalue weighted by atomic mass is 16.5. The van der Waals surface area contributed by atoms with Gasteiger partial charge >= 0.3 is 0 Å². The van der Waals surface area contributed by atoms with Crippen LogP contribution in [-0.4, -0.2) is 47.2 Å². The third-order valence-corrected chi connectivity index (χ3v) is 4.36. The van der Waals surface area contributed by atoms with E-state index in [1.54, 1.807) is 0 Å². The van der Waals surface area contributed by atoms with E-state index in [0.29, 0.717) is 13.0 Å². The van der Waals surface area contributed by atoms with E-state index >= 15 is 0 Å². The SMILES string of the molecule is CC(C)C1(C)CC(=O)N(CC2(O)CCOC2)C1=O. The summed E-state index contributed by atoms with van der Waals surface area (Å²) in [6, 6.07) is 0. The van der Waals surface area contributed by atoms with Crippen molar-refractivity contribution in [2.75, 3.05) is 19.8 Å². The second kappa shape index (κ2) is 4.31. The molecule has 2 rings (SSSR count). The van der Waals surface area contributed by atoms with Crippen molar-refractivity contribution in [1.82, 2.24) is 4.90 Å². The quantitative estimate of drug-likeness (QED) is 0.748. The van der Waals surface area contributed by atoms with Gasteiger partial charge in [-0.15, -0.1) is 0 Å². The van der Waals surface area contributed by atoms with Crippen LogP contribution < -0.4 is 0 Å². The topological polar surface area (TPSA) is 66.8 Å². The van der Waals surface area contributed by atoms with E-state index in [-0.39, 0.29) is 37.3 Å². The molecule has 0 radical (unpaired) electrons. The van der Waals surface area contributed by atoms with Crippen molar-refractivity contribution < 1.29 is 19.4 Å². The fraction of sp³-hybridized carbons (Fsp3) is 0.846. The summed E-state index contributed by atoms with van der Waals surface area (Å²) in [6.07, 6.45) is 0.711. The first-order valence-electron chi connectivity index (χ1n) is 6.43. The molecular weight excluding hydrogens is 234 g/mol. The van der Waals surface area contributed by atoms with E-state index in [4.69, 9.17) is 4.74 Å². The molecule has 5 heteroatoms. The van der Waals surface area contributed by atoms with Gasteiger partial charge in [-0.2, -0.15) is 0 Å². The fourth-order valence-corrected chi connectivity index (χ4v) is 2.53. The molecule has 0 aromatic carbocycles. The summed E-state index contributed by atoms with van der Waals surface area (Å²) in [5.41, 5.74) is -1.69. The van der Waals surface area contributed by atoms with E-state index in [0.717, 1.165) is 0 Å². The first-order chi connectivity index (χ1) is 8.28. The highest BCUT2D eigenvalue weighted by Crippen LogP contribution is 2.40. The van der Waals surface area contributed by atoms with Crippen LogP contribution in [0.3, 0.4) is 0 Å². The lowest BCUT2D eigenvalue weighted by Gasteiger charge is -2.29. The van der Waals surface area contributed by atoms with Crippen LogP contribution in [0.15, 0.2) is 0 Å². The number of ether oxygens (including phenoxy) is 1. The van der Waals surface area contributed by atoms with Crippen LogP contribution >= 0.6 is 0 Å². The van der Waals surface area contributed by atoms with E-state index in [1.807, 2.05) is 20.8 Å². The molecule has 0 bridgehead atoms. The maximum Gasteiger partial charge on any atom is 0.235 e. The Morgan fingerprint density at radius 1 is 1.44 bits per heavy atom. The summed E-state index contributed by atoms with van der Waals surface area (Å²) >= 11 is 0. The number of carbonyl (C=O) groups excluding carboxylic acids is 2. The predicted octanol–water partition coefficient (Wildman–Crippen LogP) is 0.559. The van der Waals surface area contributed by atoms with Gasteiger partial charge in [-0.1, -0.05) is 13.8 Å². The van der Waals surface area contributed by atoms with E-state index < -0.39 is 11.0 Å². The van der Waals surface area contributed by atoms with Crippen LogP contribution in [0.25, 0.3) is 0 Å². The van der Waals surface area contributed by atoms with Crippen molar-refractivity contribution >= 4 is 11.8 Å². The van der Waals surface area contributed by atoms with Gasteiger partial charge in [-0.3, -0.25) is 14.5 Å². The van der Waals surface area contributed by atoms with Gasteiger partial charge in [-0.25, -0.2) is 0 Å². The summed E-state index contributed by atoms with van der Waals surface area (Å²) in [5, 5.41) is 10.2. The zero-order valence-electron chi connectivity index (χ0n) is 11.2. The summed E-state index contributed by atoms with van der Waals surface area (Å²) in [4.78, 5) is 25.6. The van der Waals surface area contributed by atoms with Gasteiger partial charge in [-0.05, 0) is 12.8 Å². The highest BCUT2D eigenvalue weighted by Gasteiger charge is 2.52. The summed E-state index contributed by atoms with van der Waals surface area (Å²) in [5.74, 6) is -0.243. The number of hydrogen-bond acceptors (Lipinski definition) is 4.